The molecule has 52 valence electrons. The molecule has 0 amide bonds. The van der Waals surface area contributed by atoms with Crippen molar-refractivity contribution in [3.05, 3.63) is 12.3 Å². The molecule has 1 aliphatic heterocycles. The Labute approximate surface area is 56.5 Å². The summed E-state index contributed by atoms with van der Waals surface area (Å²) in [6.45, 7) is 10.4. The maximum absolute atomic E-state index is 3.93. The molecular formula is C7H14N2. The molecule has 1 heterocycles. The molecule has 1 fully saturated rings. The van der Waals surface area contributed by atoms with Crippen LogP contribution in [0.5, 0.6) is 0 Å². The third-order valence-corrected chi connectivity index (χ3v) is 1.72. The van der Waals surface area contributed by atoms with Crippen molar-refractivity contribution < 1.29 is 0 Å². The summed E-state index contributed by atoms with van der Waals surface area (Å²) >= 11 is 0. The van der Waals surface area contributed by atoms with Gasteiger partial charge in [-0.15, -0.1) is 0 Å². The van der Waals surface area contributed by atoms with Gasteiger partial charge in [0.2, 0.25) is 0 Å². The highest BCUT2D eigenvalue weighted by atomic mass is 15.2. The molecule has 0 aliphatic carbocycles. The van der Waals surface area contributed by atoms with E-state index in [9.17, 15) is 0 Å². The molecule has 0 saturated carbocycles. The fourth-order valence-electron chi connectivity index (χ4n) is 1.10. The van der Waals surface area contributed by atoms with Crippen LogP contribution in [0.2, 0.25) is 0 Å². The maximum Gasteiger partial charge on any atom is 0.0350 e. The van der Waals surface area contributed by atoms with E-state index in [0.29, 0.717) is 0 Å². The van der Waals surface area contributed by atoms with Crippen LogP contribution in [0.25, 0.3) is 0 Å². The van der Waals surface area contributed by atoms with Gasteiger partial charge in [-0.05, 0) is 6.92 Å². The number of piperazine rings is 1. The molecule has 0 aromatic heterocycles. The first-order valence-electron chi connectivity index (χ1n) is 3.48. The van der Waals surface area contributed by atoms with E-state index in [1.165, 1.54) is 5.70 Å². The second kappa shape index (κ2) is 2.87. The van der Waals surface area contributed by atoms with Gasteiger partial charge < -0.3 is 10.2 Å². The van der Waals surface area contributed by atoms with E-state index >= 15 is 0 Å². The van der Waals surface area contributed by atoms with Crippen LogP contribution in [0.3, 0.4) is 0 Å². The van der Waals surface area contributed by atoms with Gasteiger partial charge in [0, 0.05) is 31.9 Å². The zero-order valence-electron chi connectivity index (χ0n) is 5.98. The van der Waals surface area contributed by atoms with E-state index in [0.717, 1.165) is 26.2 Å². The summed E-state index contributed by atoms with van der Waals surface area (Å²) < 4.78 is 0. The molecule has 1 N–H and O–H groups in total. The van der Waals surface area contributed by atoms with E-state index in [-0.39, 0.29) is 0 Å². The second-order valence-electron chi connectivity index (χ2n) is 2.32. The molecule has 1 rings (SSSR count). The monoisotopic (exact) mass is 126 g/mol. The molecule has 0 bridgehead atoms. The van der Waals surface area contributed by atoms with Crippen LogP contribution < -0.4 is 5.32 Å². The Morgan fingerprint density at radius 3 is 3.00 bits per heavy atom. The summed E-state index contributed by atoms with van der Waals surface area (Å²) in [7, 11) is 0. The second-order valence-corrected chi connectivity index (χ2v) is 2.32. The van der Waals surface area contributed by atoms with Crippen LogP contribution in [0.15, 0.2) is 12.3 Å². The molecule has 0 aromatic carbocycles. The quantitative estimate of drug-likeness (QED) is 0.548. The molecule has 1 aliphatic rings. The van der Waals surface area contributed by atoms with Crippen molar-refractivity contribution in [3.63, 3.8) is 0 Å². The summed E-state index contributed by atoms with van der Waals surface area (Å²) in [6, 6.07) is 0. The third kappa shape index (κ3) is 1.45. The zero-order chi connectivity index (χ0) is 6.69. The maximum atomic E-state index is 3.93. The Hall–Kier alpha value is -0.500. The van der Waals surface area contributed by atoms with E-state index < -0.39 is 0 Å². The average molecular weight is 126 g/mol. The van der Waals surface area contributed by atoms with Gasteiger partial charge in [-0.3, -0.25) is 0 Å². The van der Waals surface area contributed by atoms with E-state index in [2.05, 4.69) is 23.7 Å². The lowest BCUT2D eigenvalue weighted by Gasteiger charge is -2.30. The predicted octanol–water partition coefficient (Wildman–Crippen LogP) is 0.425. The summed E-state index contributed by atoms with van der Waals surface area (Å²) in [6.07, 6.45) is 0. The highest BCUT2D eigenvalue weighted by Gasteiger charge is 2.08. The first kappa shape index (κ1) is 6.62. The zero-order valence-corrected chi connectivity index (χ0v) is 5.98. The summed E-state index contributed by atoms with van der Waals surface area (Å²) in [5, 5.41) is 3.26. The fraction of sp³-hybridized carbons (Fsp3) is 0.714. The molecule has 0 unspecified atom stereocenters. The normalized spacial score (nSPS) is 20.6. The van der Waals surface area contributed by atoms with Gasteiger partial charge in [0.15, 0.2) is 0 Å². The lowest BCUT2D eigenvalue weighted by Crippen LogP contribution is -2.40. The lowest BCUT2D eigenvalue weighted by atomic mass is 10.3. The van der Waals surface area contributed by atoms with Gasteiger partial charge >= 0.3 is 0 Å². The van der Waals surface area contributed by atoms with E-state index in [1.807, 2.05) is 0 Å². The molecule has 2 heteroatoms. The smallest absolute Gasteiger partial charge is 0.0350 e. The average Bonchev–Trinajstić information content (AvgIpc) is 1.89. The van der Waals surface area contributed by atoms with Crippen LogP contribution >= 0.6 is 0 Å². The Kier molecular flexibility index (Phi) is 2.11. The Balaban J connectivity index is 2.39. The standard InChI is InChI=1S/C7H14N2/c1-3-9-5-4-8-6-7(9)2/h8H,2-6H2,1H3. The van der Waals surface area contributed by atoms with E-state index in [4.69, 9.17) is 0 Å². The van der Waals surface area contributed by atoms with Crippen molar-refractivity contribution in [3.8, 4) is 0 Å². The molecular weight excluding hydrogens is 112 g/mol. The van der Waals surface area contributed by atoms with Crippen LogP contribution in [0, 0.1) is 0 Å². The van der Waals surface area contributed by atoms with Crippen molar-refractivity contribution in [2.24, 2.45) is 0 Å². The van der Waals surface area contributed by atoms with Crippen LogP contribution in [0.4, 0.5) is 0 Å². The molecule has 0 spiro atoms. The first-order valence-corrected chi connectivity index (χ1v) is 3.48. The highest BCUT2D eigenvalue weighted by molar-refractivity contribution is 4.98. The molecule has 9 heavy (non-hydrogen) atoms. The van der Waals surface area contributed by atoms with Gasteiger partial charge in [0.25, 0.3) is 0 Å². The molecule has 0 radical (unpaired) electrons. The number of nitrogens with zero attached hydrogens (tertiary/aromatic N) is 1. The molecule has 2 nitrogen and oxygen atoms in total. The van der Waals surface area contributed by atoms with Crippen molar-refractivity contribution in [2.45, 2.75) is 6.92 Å². The lowest BCUT2D eigenvalue weighted by molar-refractivity contribution is 0.317. The minimum Gasteiger partial charge on any atom is -0.373 e. The largest absolute Gasteiger partial charge is 0.373 e. The molecule has 0 atom stereocenters. The number of nitrogens with one attached hydrogen (secondary N) is 1. The minimum atomic E-state index is 0.966. The summed E-state index contributed by atoms with van der Waals surface area (Å²) in [5.74, 6) is 0. The van der Waals surface area contributed by atoms with Crippen LogP contribution in [-0.4, -0.2) is 31.1 Å². The predicted molar refractivity (Wildman–Crippen MR) is 39.3 cm³/mol. The van der Waals surface area contributed by atoms with Crippen molar-refractivity contribution in [1.82, 2.24) is 10.2 Å². The number of hydrogen-bond donors (Lipinski definition) is 1. The van der Waals surface area contributed by atoms with Gasteiger partial charge in [0.1, 0.15) is 0 Å². The number of rotatable bonds is 1. The Bertz CT molecular complexity index is 109. The number of hydrogen-bond acceptors (Lipinski definition) is 2. The summed E-state index contributed by atoms with van der Waals surface area (Å²) in [4.78, 5) is 2.30. The van der Waals surface area contributed by atoms with Gasteiger partial charge in [-0.1, -0.05) is 6.58 Å². The third-order valence-electron chi connectivity index (χ3n) is 1.72. The molecule has 0 aromatic rings. The van der Waals surface area contributed by atoms with Gasteiger partial charge in [-0.2, -0.15) is 0 Å². The topological polar surface area (TPSA) is 15.3 Å². The van der Waals surface area contributed by atoms with Crippen molar-refractivity contribution in [2.75, 3.05) is 26.2 Å². The SMILES string of the molecule is C=C1CNCCN1CC. The van der Waals surface area contributed by atoms with Crippen molar-refractivity contribution >= 4 is 0 Å². The van der Waals surface area contributed by atoms with Crippen LogP contribution in [-0.2, 0) is 0 Å². The Morgan fingerprint density at radius 1 is 1.78 bits per heavy atom. The van der Waals surface area contributed by atoms with Crippen molar-refractivity contribution in [1.29, 1.82) is 0 Å². The minimum absolute atomic E-state index is 0.966. The van der Waals surface area contributed by atoms with Gasteiger partial charge in [-0.25, -0.2) is 0 Å². The molecule has 1 saturated heterocycles. The number of likely N-dealkylation sites (N-methyl/N-ethyl adjacent to an activating group) is 1. The van der Waals surface area contributed by atoms with E-state index in [1.54, 1.807) is 0 Å². The van der Waals surface area contributed by atoms with Crippen LogP contribution in [0.1, 0.15) is 6.92 Å². The summed E-state index contributed by atoms with van der Waals surface area (Å²) in [5.41, 5.74) is 1.23. The Morgan fingerprint density at radius 2 is 2.56 bits per heavy atom. The van der Waals surface area contributed by atoms with Gasteiger partial charge in [0.05, 0.1) is 0 Å². The first-order chi connectivity index (χ1) is 4.34. The highest BCUT2D eigenvalue weighted by Crippen LogP contribution is 2.01. The fourth-order valence-corrected chi connectivity index (χ4v) is 1.10.